The Labute approximate surface area is 123 Å². The van der Waals surface area contributed by atoms with Gasteiger partial charge in [-0.05, 0) is 23.6 Å². The third kappa shape index (κ3) is 3.71. The molecule has 1 aromatic carbocycles. The Morgan fingerprint density at radius 3 is 2.55 bits per heavy atom. The van der Waals surface area contributed by atoms with Crippen molar-refractivity contribution in [1.82, 2.24) is 4.98 Å². The Hall–Kier alpha value is -1.58. The van der Waals surface area contributed by atoms with Crippen molar-refractivity contribution in [3.05, 3.63) is 69.1 Å². The molecule has 3 nitrogen and oxygen atoms in total. The lowest BCUT2D eigenvalue weighted by molar-refractivity contribution is 0.104. The Bertz CT molecular complexity index is 608. The van der Waals surface area contributed by atoms with E-state index >= 15 is 0 Å². The van der Waals surface area contributed by atoms with Crippen molar-refractivity contribution >= 4 is 11.6 Å². The van der Waals surface area contributed by atoms with E-state index in [1.165, 1.54) is 0 Å². The Morgan fingerprint density at radius 2 is 1.90 bits per heavy atom. The van der Waals surface area contributed by atoms with E-state index in [9.17, 15) is 4.79 Å². The van der Waals surface area contributed by atoms with Gasteiger partial charge in [-0.15, -0.1) is 11.6 Å². The first-order chi connectivity index (χ1) is 9.74. The van der Waals surface area contributed by atoms with Crippen LogP contribution in [0.15, 0.2) is 41.2 Å². The summed E-state index contributed by atoms with van der Waals surface area (Å²) in [4.78, 5) is 14.6. The van der Waals surface area contributed by atoms with Crippen LogP contribution < -0.4 is 5.56 Å². The largest absolute Gasteiger partial charge is 0.371 e. The molecule has 0 saturated heterocycles. The molecule has 4 heteroatoms. The van der Waals surface area contributed by atoms with Crippen LogP contribution in [0.4, 0.5) is 0 Å². The minimum absolute atomic E-state index is 0.129. The second-order valence-corrected chi connectivity index (χ2v) is 4.86. The number of rotatable bonds is 6. The molecule has 0 aliphatic carbocycles. The van der Waals surface area contributed by atoms with E-state index in [4.69, 9.17) is 16.3 Å². The van der Waals surface area contributed by atoms with Gasteiger partial charge in [-0.1, -0.05) is 37.3 Å². The molecule has 0 fully saturated rings. The highest BCUT2D eigenvalue weighted by atomic mass is 35.5. The van der Waals surface area contributed by atoms with E-state index < -0.39 is 0 Å². The van der Waals surface area contributed by atoms with Gasteiger partial charge >= 0.3 is 0 Å². The number of halogens is 1. The van der Waals surface area contributed by atoms with Crippen molar-refractivity contribution < 1.29 is 4.74 Å². The number of H-pyrrole nitrogens is 1. The lowest BCUT2D eigenvalue weighted by Gasteiger charge is -2.10. The van der Waals surface area contributed by atoms with Crippen molar-refractivity contribution in [2.24, 2.45) is 0 Å². The van der Waals surface area contributed by atoms with E-state index in [0.717, 1.165) is 23.2 Å². The fraction of sp³-hybridized carbons (Fsp3) is 0.312. The fourth-order valence-corrected chi connectivity index (χ4v) is 2.25. The number of aromatic amines is 1. The summed E-state index contributed by atoms with van der Waals surface area (Å²) in [5.74, 6) is 0.230. The van der Waals surface area contributed by atoms with Crippen LogP contribution >= 0.6 is 11.6 Å². The van der Waals surface area contributed by atoms with Crippen molar-refractivity contribution in [3.63, 3.8) is 0 Å². The summed E-state index contributed by atoms with van der Waals surface area (Å²) in [5, 5.41) is 0. The molecule has 0 amide bonds. The third-order valence-corrected chi connectivity index (χ3v) is 3.46. The number of benzene rings is 1. The molecule has 1 aromatic heterocycles. The monoisotopic (exact) mass is 291 g/mol. The number of hydrogen-bond acceptors (Lipinski definition) is 2. The SMILES string of the molecule is CCc1cc(CCl)c(=O)[nH]c1COCc1ccccc1. The standard InChI is InChI=1S/C16H18ClNO2/c1-2-13-8-14(9-17)16(19)18-15(13)11-20-10-12-6-4-3-5-7-12/h3-8H,2,9-11H2,1H3,(H,18,19). The van der Waals surface area contributed by atoms with Crippen molar-refractivity contribution in [1.29, 1.82) is 0 Å². The maximum atomic E-state index is 11.8. The minimum Gasteiger partial charge on any atom is -0.371 e. The molecule has 0 aliphatic rings. The normalized spacial score (nSPS) is 10.7. The Balaban J connectivity index is 2.05. The van der Waals surface area contributed by atoms with E-state index in [1.54, 1.807) is 0 Å². The summed E-state index contributed by atoms with van der Waals surface area (Å²) in [6, 6.07) is 11.8. The Kier molecular flexibility index (Phi) is 5.39. The molecule has 0 bridgehead atoms. The van der Waals surface area contributed by atoms with Gasteiger partial charge in [-0.2, -0.15) is 0 Å². The molecular formula is C16H18ClNO2. The highest BCUT2D eigenvalue weighted by Gasteiger charge is 2.07. The Morgan fingerprint density at radius 1 is 1.15 bits per heavy atom. The molecular weight excluding hydrogens is 274 g/mol. The zero-order valence-corrected chi connectivity index (χ0v) is 12.2. The molecule has 0 unspecified atom stereocenters. The molecule has 106 valence electrons. The number of pyridine rings is 1. The number of alkyl halides is 1. The molecule has 2 aromatic rings. The van der Waals surface area contributed by atoms with Gasteiger partial charge in [-0.3, -0.25) is 4.79 Å². The fourth-order valence-electron chi connectivity index (χ4n) is 2.05. The maximum Gasteiger partial charge on any atom is 0.252 e. The summed E-state index contributed by atoms with van der Waals surface area (Å²) < 4.78 is 5.67. The molecule has 0 saturated carbocycles. The van der Waals surface area contributed by atoms with Gasteiger partial charge in [0.25, 0.3) is 5.56 Å². The summed E-state index contributed by atoms with van der Waals surface area (Å²) in [7, 11) is 0. The molecule has 0 radical (unpaired) electrons. The number of nitrogens with one attached hydrogen (secondary N) is 1. The van der Waals surface area contributed by atoms with Crippen LogP contribution in [-0.2, 0) is 30.3 Å². The zero-order valence-electron chi connectivity index (χ0n) is 11.5. The molecule has 0 atom stereocenters. The second-order valence-electron chi connectivity index (χ2n) is 4.59. The van der Waals surface area contributed by atoms with Crippen LogP contribution in [0.2, 0.25) is 0 Å². The molecule has 2 rings (SSSR count). The lowest BCUT2D eigenvalue weighted by atomic mass is 10.1. The van der Waals surface area contributed by atoms with E-state index in [2.05, 4.69) is 4.98 Å². The van der Waals surface area contributed by atoms with Gasteiger partial charge in [0.1, 0.15) is 0 Å². The van der Waals surface area contributed by atoms with Gasteiger partial charge in [0.15, 0.2) is 0 Å². The van der Waals surface area contributed by atoms with Crippen LogP contribution in [0.3, 0.4) is 0 Å². The molecule has 0 aliphatic heterocycles. The smallest absolute Gasteiger partial charge is 0.252 e. The van der Waals surface area contributed by atoms with Crippen LogP contribution in [0.1, 0.15) is 29.3 Å². The van der Waals surface area contributed by atoms with E-state index in [1.807, 2.05) is 43.3 Å². The zero-order chi connectivity index (χ0) is 14.4. The second kappa shape index (κ2) is 7.27. The van der Waals surface area contributed by atoms with Crippen LogP contribution in [-0.4, -0.2) is 4.98 Å². The van der Waals surface area contributed by atoms with Crippen LogP contribution in [0.25, 0.3) is 0 Å². The quantitative estimate of drug-likeness (QED) is 0.829. The number of hydrogen-bond donors (Lipinski definition) is 1. The number of ether oxygens (including phenoxy) is 1. The highest BCUT2D eigenvalue weighted by molar-refractivity contribution is 6.17. The molecule has 1 heterocycles. The number of aromatic nitrogens is 1. The predicted octanol–water partition coefficient (Wildman–Crippen LogP) is 3.39. The summed E-state index contributed by atoms with van der Waals surface area (Å²) >= 11 is 5.75. The first kappa shape index (κ1) is 14.8. The van der Waals surface area contributed by atoms with Gasteiger partial charge < -0.3 is 9.72 Å². The topological polar surface area (TPSA) is 42.1 Å². The first-order valence-electron chi connectivity index (χ1n) is 6.66. The van der Waals surface area contributed by atoms with Crippen molar-refractivity contribution in [2.75, 3.05) is 0 Å². The van der Waals surface area contributed by atoms with Crippen molar-refractivity contribution in [3.8, 4) is 0 Å². The highest BCUT2D eigenvalue weighted by Crippen LogP contribution is 2.11. The first-order valence-corrected chi connectivity index (χ1v) is 7.19. The minimum atomic E-state index is -0.129. The summed E-state index contributed by atoms with van der Waals surface area (Å²) in [6.45, 7) is 2.98. The third-order valence-electron chi connectivity index (χ3n) is 3.17. The predicted molar refractivity (Wildman–Crippen MR) is 80.9 cm³/mol. The van der Waals surface area contributed by atoms with Gasteiger partial charge in [0.05, 0.1) is 19.1 Å². The van der Waals surface area contributed by atoms with E-state index in [0.29, 0.717) is 18.8 Å². The van der Waals surface area contributed by atoms with Gasteiger partial charge in [0.2, 0.25) is 0 Å². The van der Waals surface area contributed by atoms with Gasteiger partial charge in [-0.25, -0.2) is 0 Å². The summed E-state index contributed by atoms with van der Waals surface area (Å²) in [5.41, 5.74) is 3.51. The molecule has 1 N–H and O–H groups in total. The average molecular weight is 292 g/mol. The molecule has 20 heavy (non-hydrogen) atoms. The summed E-state index contributed by atoms with van der Waals surface area (Å²) in [6.07, 6.45) is 0.838. The number of aryl methyl sites for hydroxylation is 1. The average Bonchev–Trinajstić information content (AvgIpc) is 2.48. The van der Waals surface area contributed by atoms with E-state index in [-0.39, 0.29) is 11.4 Å². The van der Waals surface area contributed by atoms with Crippen molar-refractivity contribution in [2.45, 2.75) is 32.4 Å². The van der Waals surface area contributed by atoms with Crippen LogP contribution in [0.5, 0.6) is 0 Å². The maximum absolute atomic E-state index is 11.8. The lowest BCUT2D eigenvalue weighted by Crippen LogP contribution is -2.16. The van der Waals surface area contributed by atoms with Crippen LogP contribution in [0, 0.1) is 0 Å². The molecule has 0 spiro atoms. The van der Waals surface area contributed by atoms with Gasteiger partial charge in [0, 0.05) is 11.3 Å².